The van der Waals surface area contributed by atoms with Gasteiger partial charge in [0.05, 0.1) is 5.52 Å². The van der Waals surface area contributed by atoms with Gasteiger partial charge in [0.15, 0.2) is 0 Å². The molecule has 2 heteroatoms. The number of hydrogen-bond acceptors (Lipinski definition) is 2. The lowest BCUT2D eigenvalue weighted by Crippen LogP contribution is -2.32. The molecule has 0 radical (unpaired) electrons. The molecule has 0 saturated carbocycles. The second-order valence-corrected chi connectivity index (χ2v) is 5.77. The summed E-state index contributed by atoms with van der Waals surface area (Å²) in [4.78, 5) is 4.44. The Morgan fingerprint density at radius 1 is 1.17 bits per heavy atom. The van der Waals surface area contributed by atoms with Crippen molar-refractivity contribution in [1.29, 1.82) is 0 Å². The van der Waals surface area contributed by atoms with E-state index in [1.165, 1.54) is 10.9 Å². The van der Waals surface area contributed by atoms with Crippen LogP contribution in [0.5, 0.6) is 0 Å². The number of hydrogen-bond donors (Lipinski definition) is 1. The van der Waals surface area contributed by atoms with Crippen LogP contribution in [0.2, 0.25) is 0 Å². The molecule has 18 heavy (non-hydrogen) atoms. The molecule has 1 heterocycles. The Morgan fingerprint density at radius 3 is 2.56 bits per heavy atom. The Hall–Kier alpha value is -1.41. The van der Waals surface area contributed by atoms with Gasteiger partial charge >= 0.3 is 0 Å². The lowest BCUT2D eigenvalue weighted by molar-refractivity contribution is 0.278. The fourth-order valence-electron chi connectivity index (χ4n) is 2.46. The van der Waals surface area contributed by atoms with Crippen molar-refractivity contribution < 1.29 is 0 Å². The zero-order valence-electron chi connectivity index (χ0n) is 11.7. The summed E-state index contributed by atoms with van der Waals surface area (Å²) in [6.07, 6.45) is 1.91. The number of para-hydroxylation sites is 1. The molecular formula is C16H22N2. The summed E-state index contributed by atoms with van der Waals surface area (Å²) < 4.78 is 0. The fourth-order valence-corrected chi connectivity index (χ4v) is 2.46. The number of nitrogens with one attached hydrogen (secondary N) is 1. The molecule has 1 atom stereocenters. The maximum Gasteiger partial charge on any atom is 0.0705 e. The van der Waals surface area contributed by atoms with Crippen LogP contribution in [-0.2, 0) is 0 Å². The van der Waals surface area contributed by atoms with Crippen LogP contribution >= 0.6 is 0 Å². The molecule has 0 amide bonds. The Balaban J connectivity index is 2.57. The van der Waals surface area contributed by atoms with Crippen molar-refractivity contribution in [1.82, 2.24) is 10.3 Å². The second kappa shape index (κ2) is 5.07. The standard InChI is InChI=1S/C16H22N2/c1-5-17-15(16(2,3)4)13-10-11-18-14-9-7-6-8-12(13)14/h6-11,15,17H,5H2,1-4H3. The number of pyridine rings is 1. The highest BCUT2D eigenvalue weighted by Gasteiger charge is 2.26. The molecule has 0 bridgehead atoms. The fraction of sp³-hybridized carbons (Fsp3) is 0.438. The minimum Gasteiger partial charge on any atom is -0.310 e. The minimum atomic E-state index is 0.181. The molecular weight excluding hydrogens is 220 g/mol. The number of benzene rings is 1. The van der Waals surface area contributed by atoms with Crippen molar-refractivity contribution in [3.8, 4) is 0 Å². The van der Waals surface area contributed by atoms with Crippen molar-refractivity contribution in [3.63, 3.8) is 0 Å². The van der Waals surface area contributed by atoms with Crippen LogP contribution in [0.1, 0.15) is 39.3 Å². The van der Waals surface area contributed by atoms with E-state index in [4.69, 9.17) is 0 Å². The molecule has 1 aromatic carbocycles. The average Bonchev–Trinajstić information content (AvgIpc) is 2.34. The van der Waals surface area contributed by atoms with E-state index in [1.54, 1.807) is 0 Å². The van der Waals surface area contributed by atoms with Gasteiger partial charge < -0.3 is 5.32 Å². The van der Waals surface area contributed by atoms with Crippen LogP contribution in [0.25, 0.3) is 10.9 Å². The highest BCUT2D eigenvalue weighted by atomic mass is 14.9. The first-order valence-electron chi connectivity index (χ1n) is 6.61. The first kappa shape index (κ1) is 13.0. The first-order valence-corrected chi connectivity index (χ1v) is 6.61. The molecule has 1 unspecified atom stereocenters. The molecule has 0 fully saturated rings. The number of nitrogens with zero attached hydrogens (tertiary/aromatic N) is 1. The maximum absolute atomic E-state index is 4.44. The topological polar surface area (TPSA) is 24.9 Å². The zero-order chi connectivity index (χ0) is 13.2. The van der Waals surface area contributed by atoms with E-state index in [9.17, 15) is 0 Å². The van der Waals surface area contributed by atoms with Gasteiger partial charge in [-0.15, -0.1) is 0 Å². The van der Waals surface area contributed by atoms with Gasteiger partial charge in [-0.2, -0.15) is 0 Å². The number of fused-ring (bicyclic) bond motifs is 1. The Morgan fingerprint density at radius 2 is 1.89 bits per heavy atom. The summed E-state index contributed by atoms with van der Waals surface area (Å²) in [5, 5.41) is 4.85. The van der Waals surface area contributed by atoms with Crippen molar-refractivity contribution in [2.45, 2.75) is 33.7 Å². The summed E-state index contributed by atoms with van der Waals surface area (Å²) in [6, 6.07) is 10.8. The van der Waals surface area contributed by atoms with Gasteiger partial charge in [0.25, 0.3) is 0 Å². The van der Waals surface area contributed by atoms with Gasteiger partial charge in [0.1, 0.15) is 0 Å². The molecule has 0 saturated heterocycles. The van der Waals surface area contributed by atoms with Crippen LogP contribution in [0, 0.1) is 5.41 Å². The molecule has 2 nitrogen and oxygen atoms in total. The van der Waals surface area contributed by atoms with Crippen LogP contribution in [-0.4, -0.2) is 11.5 Å². The molecule has 0 aliphatic rings. The van der Waals surface area contributed by atoms with Crippen molar-refractivity contribution in [3.05, 3.63) is 42.1 Å². The Labute approximate surface area is 109 Å². The summed E-state index contributed by atoms with van der Waals surface area (Å²) in [5.41, 5.74) is 2.59. The summed E-state index contributed by atoms with van der Waals surface area (Å²) in [7, 11) is 0. The molecule has 2 rings (SSSR count). The second-order valence-electron chi connectivity index (χ2n) is 5.77. The largest absolute Gasteiger partial charge is 0.310 e. The number of aromatic nitrogens is 1. The Kier molecular flexibility index (Phi) is 3.67. The van der Waals surface area contributed by atoms with Gasteiger partial charge in [0.2, 0.25) is 0 Å². The van der Waals surface area contributed by atoms with Crippen LogP contribution in [0.4, 0.5) is 0 Å². The number of rotatable bonds is 3. The highest BCUT2D eigenvalue weighted by molar-refractivity contribution is 5.82. The van der Waals surface area contributed by atoms with Gasteiger partial charge in [-0.1, -0.05) is 45.9 Å². The third kappa shape index (κ3) is 2.54. The van der Waals surface area contributed by atoms with E-state index in [0.29, 0.717) is 6.04 Å². The van der Waals surface area contributed by atoms with Crippen LogP contribution in [0.3, 0.4) is 0 Å². The van der Waals surface area contributed by atoms with E-state index < -0.39 is 0 Å². The smallest absolute Gasteiger partial charge is 0.0705 e. The highest BCUT2D eigenvalue weighted by Crippen LogP contribution is 2.35. The first-order chi connectivity index (χ1) is 8.54. The molecule has 96 valence electrons. The van der Waals surface area contributed by atoms with E-state index >= 15 is 0 Å². The van der Waals surface area contributed by atoms with Crippen molar-refractivity contribution in [2.75, 3.05) is 6.54 Å². The van der Waals surface area contributed by atoms with Crippen LogP contribution < -0.4 is 5.32 Å². The maximum atomic E-state index is 4.44. The van der Waals surface area contributed by atoms with Gasteiger partial charge in [0, 0.05) is 17.6 Å². The predicted molar refractivity (Wildman–Crippen MR) is 77.6 cm³/mol. The van der Waals surface area contributed by atoms with Gasteiger partial charge in [-0.05, 0) is 29.7 Å². The lowest BCUT2D eigenvalue weighted by atomic mass is 9.81. The van der Waals surface area contributed by atoms with Gasteiger partial charge in [-0.25, -0.2) is 0 Å². The van der Waals surface area contributed by atoms with E-state index in [1.807, 2.05) is 12.3 Å². The summed E-state index contributed by atoms with van der Waals surface area (Å²) >= 11 is 0. The third-order valence-electron chi connectivity index (χ3n) is 3.27. The lowest BCUT2D eigenvalue weighted by Gasteiger charge is -2.32. The molecule has 0 aliphatic carbocycles. The van der Waals surface area contributed by atoms with Crippen molar-refractivity contribution in [2.24, 2.45) is 5.41 Å². The zero-order valence-corrected chi connectivity index (χ0v) is 11.7. The van der Waals surface area contributed by atoms with E-state index in [0.717, 1.165) is 12.1 Å². The molecule has 2 aromatic rings. The quantitative estimate of drug-likeness (QED) is 0.882. The van der Waals surface area contributed by atoms with E-state index in [2.05, 4.69) is 62.3 Å². The average molecular weight is 242 g/mol. The monoisotopic (exact) mass is 242 g/mol. The summed E-state index contributed by atoms with van der Waals surface area (Å²) in [5.74, 6) is 0. The SMILES string of the molecule is CCNC(c1ccnc2ccccc12)C(C)(C)C. The molecule has 0 spiro atoms. The van der Waals surface area contributed by atoms with Crippen molar-refractivity contribution >= 4 is 10.9 Å². The van der Waals surface area contributed by atoms with E-state index in [-0.39, 0.29) is 5.41 Å². The predicted octanol–water partition coefficient (Wildman–Crippen LogP) is 3.93. The summed E-state index contributed by atoms with van der Waals surface area (Å²) in [6.45, 7) is 9.95. The van der Waals surface area contributed by atoms with Gasteiger partial charge in [-0.3, -0.25) is 4.98 Å². The molecule has 0 aliphatic heterocycles. The molecule has 1 aromatic heterocycles. The normalized spacial score (nSPS) is 13.8. The van der Waals surface area contributed by atoms with Crippen LogP contribution in [0.15, 0.2) is 36.5 Å². The third-order valence-corrected chi connectivity index (χ3v) is 3.27. The Bertz CT molecular complexity index is 521. The molecule has 1 N–H and O–H groups in total. The minimum absolute atomic E-state index is 0.181.